The molecule has 0 saturated carbocycles. The number of aryl methyl sites for hydroxylation is 1. The van der Waals surface area contributed by atoms with Gasteiger partial charge in [-0.15, -0.1) is 0 Å². The third-order valence-electron chi connectivity index (χ3n) is 4.90. The summed E-state index contributed by atoms with van der Waals surface area (Å²) < 4.78 is 0. The molecule has 0 radical (unpaired) electrons. The van der Waals surface area contributed by atoms with E-state index in [1.54, 1.807) is 4.90 Å². The third kappa shape index (κ3) is 5.06. The lowest BCUT2D eigenvalue weighted by Crippen LogP contribution is -2.54. The van der Waals surface area contributed by atoms with Gasteiger partial charge in [-0.25, -0.2) is 4.79 Å². The predicted molar refractivity (Wildman–Crippen MR) is 109 cm³/mol. The molecule has 3 aromatic carbocycles. The van der Waals surface area contributed by atoms with E-state index < -0.39 is 11.7 Å². The van der Waals surface area contributed by atoms with Crippen molar-refractivity contribution in [2.24, 2.45) is 0 Å². The van der Waals surface area contributed by atoms with Crippen LogP contribution in [0.4, 0.5) is 0 Å². The van der Waals surface area contributed by atoms with Gasteiger partial charge in [0.1, 0.15) is 0 Å². The van der Waals surface area contributed by atoms with Crippen LogP contribution >= 0.6 is 0 Å². The molecule has 0 aliphatic heterocycles. The minimum Gasteiger partial charge on any atom is -0.478 e. The summed E-state index contributed by atoms with van der Waals surface area (Å²) in [6.07, 6.45) is 0.579. The monoisotopic (exact) mass is 375 g/mol. The summed E-state index contributed by atoms with van der Waals surface area (Å²) in [5.74, 6) is -1.23. The van der Waals surface area contributed by atoms with Crippen molar-refractivity contribution in [1.29, 1.82) is 0 Å². The highest BCUT2D eigenvalue weighted by atomic mass is 16.4. The molecular formula is C24H25NO3. The topological polar surface area (TPSA) is 60.8 Å². The van der Waals surface area contributed by atoms with Crippen molar-refractivity contribution < 1.29 is 15.0 Å². The summed E-state index contributed by atoms with van der Waals surface area (Å²) in [6.45, 7) is 0.681. The molecule has 0 aliphatic carbocycles. The first-order valence-corrected chi connectivity index (χ1v) is 9.40. The Balaban J connectivity index is 1.87. The van der Waals surface area contributed by atoms with E-state index in [1.807, 2.05) is 91.0 Å². The molecular weight excluding hydrogens is 350 g/mol. The van der Waals surface area contributed by atoms with Crippen LogP contribution in [0.1, 0.15) is 23.1 Å². The number of hydrogen-bond donors (Lipinski definition) is 2. The molecule has 3 rings (SSSR count). The van der Waals surface area contributed by atoms with Gasteiger partial charge in [0.15, 0.2) is 0 Å². The minimum atomic E-state index is -1.97. The number of aliphatic carboxylic acids is 1. The van der Waals surface area contributed by atoms with Crippen LogP contribution < -0.4 is 0 Å². The molecule has 28 heavy (non-hydrogen) atoms. The van der Waals surface area contributed by atoms with Gasteiger partial charge < -0.3 is 10.2 Å². The minimum absolute atomic E-state index is 0.103. The number of aliphatic hydroxyl groups is 1. The van der Waals surface area contributed by atoms with Crippen molar-refractivity contribution >= 4 is 5.97 Å². The van der Waals surface area contributed by atoms with Crippen LogP contribution in [0.25, 0.3) is 0 Å². The molecule has 0 amide bonds. The highest BCUT2D eigenvalue weighted by Gasteiger charge is 2.42. The first kappa shape index (κ1) is 19.8. The zero-order chi connectivity index (χ0) is 19.8. The third-order valence-corrected chi connectivity index (χ3v) is 4.90. The Morgan fingerprint density at radius 3 is 1.50 bits per heavy atom. The molecule has 0 fully saturated rings. The van der Waals surface area contributed by atoms with Gasteiger partial charge in [-0.2, -0.15) is 0 Å². The average Bonchev–Trinajstić information content (AvgIpc) is 2.73. The molecule has 1 unspecified atom stereocenters. The summed E-state index contributed by atoms with van der Waals surface area (Å²) in [5.41, 5.74) is 0.943. The maximum atomic E-state index is 12.2. The van der Waals surface area contributed by atoms with Crippen molar-refractivity contribution in [1.82, 2.24) is 4.90 Å². The van der Waals surface area contributed by atoms with E-state index in [-0.39, 0.29) is 6.42 Å². The Kier molecular flexibility index (Phi) is 6.58. The number of benzene rings is 3. The predicted octanol–water partition coefficient (Wildman–Crippen LogP) is 4.09. The maximum Gasteiger partial charge on any atom is 0.351 e. The fourth-order valence-electron chi connectivity index (χ4n) is 3.29. The summed E-state index contributed by atoms with van der Waals surface area (Å²) >= 11 is 0. The molecule has 1 atom stereocenters. The standard InChI is InChI=1S/C24H25NO3/c26-23(27)24(28,17-16-20-10-4-1-5-11-20)25(18-21-12-6-2-7-13-21)19-22-14-8-3-9-15-22/h1-15,28H,16-19H2,(H,26,27). The summed E-state index contributed by atoms with van der Waals surface area (Å²) in [4.78, 5) is 13.8. The van der Waals surface area contributed by atoms with Crippen LogP contribution in [-0.2, 0) is 24.3 Å². The van der Waals surface area contributed by atoms with E-state index in [1.165, 1.54) is 0 Å². The lowest BCUT2D eigenvalue weighted by Gasteiger charge is -2.36. The second-order valence-electron chi connectivity index (χ2n) is 6.93. The number of hydrogen-bond acceptors (Lipinski definition) is 3. The van der Waals surface area contributed by atoms with E-state index in [4.69, 9.17) is 0 Å². The quantitative estimate of drug-likeness (QED) is 0.553. The maximum absolute atomic E-state index is 12.2. The van der Waals surface area contributed by atoms with E-state index in [0.717, 1.165) is 16.7 Å². The molecule has 2 N–H and O–H groups in total. The Labute approximate surface area is 165 Å². The second-order valence-corrected chi connectivity index (χ2v) is 6.93. The van der Waals surface area contributed by atoms with E-state index in [0.29, 0.717) is 19.5 Å². The Morgan fingerprint density at radius 2 is 1.11 bits per heavy atom. The molecule has 0 bridgehead atoms. The number of nitrogens with zero attached hydrogens (tertiary/aromatic N) is 1. The fourth-order valence-corrected chi connectivity index (χ4v) is 3.29. The molecule has 0 aliphatic rings. The molecule has 0 saturated heterocycles. The molecule has 0 heterocycles. The van der Waals surface area contributed by atoms with Gasteiger partial charge in [0.2, 0.25) is 5.72 Å². The first-order valence-electron chi connectivity index (χ1n) is 9.40. The number of carboxylic acids is 1. The normalized spacial score (nSPS) is 13.2. The van der Waals surface area contributed by atoms with E-state index in [9.17, 15) is 15.0 Å². The smallest absolute Gasteiger partial charge is 0.351 e. The summed E-state index contributed by atoms with van der Waals surface area (Å²) in [5, 5.41) is 21.2. The van der Waals surface area contributed by atoms with Crippen molar-refractivity contribution in [3.05, 3.63) is 108 Å². The van der Waals surface area contributed by atoms with Crippen LogP contribution in [0.15, 0.2) is 91.0 Å². The van der Waals surface area contributed by atoms with Crippen LogP contribution in [0.3, 0.4) is 0 Å². The van der Waals surface area contributed by atoms with Gasteiger partial charge in [-0.05, 0) is 23.1 Å². The number of rotatable bonds is 9. The highest BCUT2D eigenvalue weighted by molar-refractivity contribution is 5.76. The summed E-state index contributed by atoms with van der Waals surface area (Å²) in [6, 6.07) is 28.9. The number of carbonyl (C=O) groups is 1. The van der Waals surface area contributed by atoms with Gasteiger partial charge >= 0.3 is 5.97 Å². The lowest BCUT2D eigenvalue weighted by atomic mass is 9.99. The Bertz CT molecular complexity index is 827. The van der Waals surface area contributed by atoms with E-state index in [2.05, 4.69) is 0 Å². The van der Waals surface area contributed by atoms with Gasteiger partial charge in [-0.1, -0.05) is 91.0 Å². The number of carboxylic acid groups (broad SMARTS) is 1. The average molecular weight is 375 g/mol. The second kappa shape index (κ2) is 9.31. The van der Waals surface area contributed by atoms with Crippen LogP contribution in [0.2, 0.25) is 0 Å². The fraction of sp³-hybridized carbons (Fsp3) is 0.208. The Morgan fingerprint density at radius 1 is 0.714 bits per heavy atom. The van der Waals surface area contributed by atoms with Crippen molar-refractivity contribution in [2.75, 3.05) is 0 Å². The van der Waals surface area contributed by atoms with Crippen LogP contribution in [-0.4, -0.2) is 26.8 Å². The van der Waals surface area contributed by atoms with Gasteiger partial charge in [-0.3, -0.25) is 4.90 Å². The molecule has 144 valence electrons. The zero-order valence-corrected chi connectivity index (χ0v) is 15.7. The molecule has 4 heteroatoms. The Hall–Kier alpha value is -2.95. The SMILES string of the molecule is O=C(O)C(O)(CCc1ccccc1)N(Cc1ccccc1)Cc1ccccc1. The van der Waals surface area contributed by atoms with Crippen molar-refractivity contribution in [2.45, 2.75) is 31.7 Å². The molecule has 4 nitrogen and oxygen atoms in total. The summed E-state index contributed by atoms with van der Waals surface area (Å²) in [7, 11) is 0. The van der Waals surface area contributed by atoms with Crippen LogP contribution in [0, 0.1) is 0 Å². The molecule has 0 aromatic heterocycles. The highest BCUT2D eigenvalue weighted by Crippen LogP contribution is 2.25. The van der Waals surface area contributed by atoms with Crippen LogP contribution in [0.5, 0.6) is 0 Å². The zero-order valence-electron chi connectivity index (χ0n) is 15.7. The lowest BCUT2D eigenvalue weighted by molar-refractivity contribution is -0.188. The van der Waals surface area contributed by atoms with Gasteiger partial charge in [0.25, 0.3) is 0 Å². The van der Waals surface area contributed by atoms with Crippen molar-refractivity contribution in [3.8, 4) is 0 Å². The van der Waals surface area contributed by atoms with E-state index >= 15 is 0 Å². The van der Waals surface area contributed by atoms with Crippen molar-refractivity contribution in [3.63, 3.8) is 0 Å². The molecule has 0 spiro atoms. The van der Waals surface area contributed by atoms with Gasteiger partial charge in [0.05, 0.1) is 0 Å². The first-order chi connectivity index (χ1) is 13.6. The van der Waals surface area contributed by atoms with Gasteiger partial charge in [0, 0.05) is 19.5 Å². The largest absolute Gasteiger partial charge is 0.478 e. The molecule has 3 aromatic rings.